The van der Waals surface area contributed by atoms with Crippen molar-refractivity contribution in [2.24, 2.45) is 0 Å². The molecule has 2 rings (SSSR count). The van der Waals surface area contributed by atoms with E-state index in [1.54, 1.807) is 11.3 Å². The van der Waals surface area contributed by atoms with Crippen molar-refractivity contribution in [1.29, 1.82) is 0 Å². The molecule has 0 saturated carbocycles. The Kier molecular flexibility index (Phi) is 2.86. The van der Waals surface area contributed by atoms with Crippen molar-refractivity contribution >= 4 is 43.2 Å². The highest BCUT2D eigenvalue weighted by Gasteiger charge is 2.01. The summed E-state index contributed by atoms with van der Waals surface area (Å²) in [4.78, 5) is 1.24. The van der Waals surface area contributed by atoms with Gasteiger partial charge in [-0.2, -0.15) is 0 Å². The van der Waals surface area contributed by atoms with Crippen LogP contribution in [0.1, 0.15) is 0 Å². The molecule has 0 aliphatic carbocycles. The van der Waals surface area contributed by atoms with E-state index in [9.17, 15) is 0 Å². The van der Waals surface area contributed by atoms with Crippen LogP contribution in [-0.4, -0.2) is 0 Å². The van der Waals surface area contributed by atoms with Crippen LogP contribution >= 0.6 is 43.2 Å². The van der Waals surface area contributed by atoms with Crippen molar-refractivity contribution in [2.45, 2.75) is 0 Å². The lowest BCUT2D eigenvalue weighted by Crippen LogP contribution is -1.73. The molecule has 1 heterocycles. The summed E-state index contributed by atoms with van der Waals surface area (Å²) in [6.07, 6.45) is 0. The molecule has 1 aromatic heterocycles. The minimum absolute atomic E-state index is 1.08. The Labute approximate surface area is 97.9 Å². The molecule has 0 N–H and O–H groups in total. The first-order valence-corrected chi connectivity index (χ1v) is 6.09. The van der Waals surface area contributed by atoms with Crippen molar-refractivity contribution in [3.05, 3.63) is 44.7 Å². The first-order valence-electron chi connectivity index (χ1n) is 3.68. The van der Waals surface area contributed by atoms with E-state index in [1.165, 1.54) is 10.4 Å². The van der Waals surface area contributed by atoms with Gasteiger partial charge in [0, 0.05) is 19.2 Å². The molecule has 0 unspecified atom stereocenters. The molecular formula is C10H5Br2S. The number of halogens is 2. The normalized spacial score (nSPS) is 10.3. The zero-order valence-electron chi connectivity index (χ0n) is 6.55. The highest BCUT2D eigenvalue weighted by Crippen LogP contribution is 2.30. The van der Waals surface area contributed by atoms with Crippen LogP contribution < -0.4 is 0 Å². The monoisotopic (exact) mass is 315 g/mol. The SMILES string of the molecule is Brc1ccc(-c2cc[c]s2)cc1Br. The van der Waals surface area contributed by atoms with Crippen molar-refractivity contribution in [3.63, 3.8) is 0 Å². The summed E-state index contributed by atoms with van der Waals surface area (Å²) in [6, 6.07) is 10.2. The highest BCUT2D eigenvalue weighted by molar-refractivity contribution is 9.13. The van der Waals surface area contributed by atoms with Crippen LogP contribution in [0.2, 0.25) is 0 Å². The molecule has 0 atom stereocenters. The Balaban J connectivity index is 2.49. The van der Waals surface area contributed by atoms with Gasteiger partial charge in [0.15, 0.2) is 0 Å². The number of thiophene rings is 1. The summed E-state index contributed by atoms with van der Waals surface area (Å²) < 4.78 is 2.16. The molecule has 13 heavy (non-hydrogen) atoms. The van der Waals surface area contributed by atoms with E-state index >= 15 is 0 Å². The van der Waals surface area contributed by atoms with E-state index in [4.69, 9.17) is 0 Å². The van der Waals surface area contributed by atoms with E-state index in [1.807, 2.05) is 12.1 Å². The van der Waals surface area contributed by atoms with Gasteiger partial charge in [-0.3, -0.25) is 0 Å². The third-order valence-electron chi connectivity index (χ3n) is 1.68. The highest BCUT2D eigenvalue weighted by atomic mass is 79.9. The maximum Gasteiger partial charge on any atom is 0.0449 e. The van der Waals surface area contributed by atoms with Gasteiger partial charge in [-0.1, -0.05) is 6.07 Å². The molecule has 0 aliphatic rings. The standard InChI is InChI=1S/C10H5Br2S/c11-8-4-3-7(6-9(8)12)10-2-1-5-13-10/h1-4,6H. The van der Waals surface area contributed by atoms with Gasteiger partial charge in [-0.05, 0) is 61.7 Å². The van der Waals surface area contributed by atoms with E-state index in [0.717, 1.165) is 8.95 Å². The number of hydrogen-bond donors (Lipinski definition) is 0. The molecule has 3 heteroatoms. The Bertz CT molecular complexity index is 407. The molecule has 0 nitrogen and oxygen atoms in total. The van der Waals surface area contributed by atoms with Crippen LogP contribution in [0.15, 0.2) is 39.3 Å². The maximum absolute atomic E-state index is 3.48. The zero-order valence-corrected chi connectivity index (χ0v) is 10.5. The summed E-state index contributed by atoms with van der Waals surface area (Å²) >= 11 is 8.55. The molecular weight excluding hydrogens is 312 g/mol. The minimum Gasteiger partial charge on any atom is -0.134 e. The second-order valence-corrected chi connectivity index (χ2v) is 5.13. The third kappa shape index (κ3) is 2.03. The molecule has 1 aromatic carbocycles. The second kappa shape index (κ2) is 3.95. The largest absolute Gasteiger partial charge is 0.134 e. The fourth-order valence-corrected chi connectivity index (χ4v) is 2.32. The summed E-state index contributed by atoms with van der Waals surface area (Å²) in [5.41, 5.74) is 1.22. The van der Waals surface area contributed by atoms with Crippen LogP contribution in [0.5, 0.6) is 0 Å². The third-order valence-corrected chi connectivity index (χ3v) is 4.40. The van der Waals surface area contributed by atoms with E-state index < -0.39 is 0 Å². The lowest BCUT2D eigenvalue weighted by Gasteiger charge is -1.99. The average molecular weight is 317 g/mol. The minimum atomic E-state index is 1.08. The fraction of sp³-hybridized carbons (Fsp3) is 0. The lowest BCUT2D eigenvalue weighted by atomic mass is 10.2. The molecule has 0 spiro atoms. The van der Waals surface area contributed by atoms with Gasteiger partial charge in [0.1, 0.15) is 0 Å². The van der Waals surface area contributed by atoms with Gasteiger partial charge in [0.25, 0.3) is 0 Å². The van der Waals surface area contributed by atoms with Crippen LogP contribution in [0.25, 0.3) is 10.4 Å². The number of hydrogen-bond acceptors (Lipinski definition) is 1. The Morgan fingerprint density at radius 3 is 2.54 bits per heavy atom. The number of benzene rings is 1. The molecule has 0 fully saturated rings. The Morgan fingerprint density at radius 1 is 1.08 bits per heavy atom. The van der Waals surface area contributed by atoms with Crippen LogP contribution in [0, 0.1) is 5.38 Å². The van der Waals surface area contributed by atoms with Crippen molar-refractivity contribution in [2.75, 3.05) is 0 Å². The van der Waals surface area contributed by atoms with Crippen LogP contribution in [0.4, 0.5) is 0 Å². The van der Waals surface area contributed by atoms with E-state index in [-0.39, 0.29) is 0 Å². The number of rotatable bonds is 1. The van der Waals surface area contributed by atoms with E-state index in [0.29, 0.717) is 0 Å². The van der Waals surface area contributed by atoms with Gasteiger partial charge >= 0.3 is 0 Å². The molecule has 0 aliphatic heterocycles. The Morgan fingerprint density at radius 2 is 1.92 bits per heavy atom. The average Bonchev–Trinajstić information content (AvgIpc) is 2.62. The molecule has 1 radical (unpaired) electrons. The van der Waals surface area contributed by atoms with Gasteiger partial charge in [0.2, 0.25) is 0 Å². The molecule has 65 valence electrons. The molecule has 0 amide bonds. The van der Waals surface area contributed by atoms with Gasteiger partial charge in [-0.15, -0.1) is 11.3 Å². The predicted octanol–water partition coefficient (Wildman–Crippen LogP) is 4.74. The van der Waals surface area contributed by atoms with Crippen molar-refractivity contribution in [3.8, 4) is 10.4 Å². The summed E-state index contributed by atoms with van der Waals surface area (Å²) in [5, 5.41) is 3.08. The van der Waals surface area contributed by atoms with Crippen LogP contribution in [-0.2, 0) is 0 Å². The maximum atomic E-state index is 3.48. The zero-order chi connectivity index (χ0) is 9.26. The van der Waals surface area contributed by atoms with Crippen LogP contribution in [0.3, 0.4) is 0 Å². The Hall–Kier alpha value is -0.120. The predicted molar refractivity (Wildman–Crippen MR) is 64.0 cm³/mol. The van der Waals surface area contributed by atoms with Gasteiger partial charge < -0.3 is 0 Å². The molecule has 0 bridgehead atoms. The van der Waals surface area contributed by atoms with E-state index in [2.05, 4.69) is 55.4 Å². The van der Waals surface area contributed by atoms with Gasteiger partial charge in [-0.25, -0.2) is 0 Å². The van der Waals surface area contributed by atoms with Crippen molar-refractivity contribution < 1.29 is 0 Å². The fourth-order valence-electron chi connectivity index (χ4n) is 1.05. The molecule has 2 aromatic rings. The van der Waals surface area contributed by atoms with Gasteiger partial charge in [0.05, 0.1) is 0 Å². The van der Waals surface area contributed by atoms with Crippen molar-refractivity contribution in [1.82, 2.24) is 0 Å². The smallest absolute Gasteiger partial charge is 0.0449 e. The topological polar surface area (TPSA) is 0 Å². The molecule has 0 saturated heterocycles. The first kappa shape index (κ1) is 9.44. The quantitative estimate of drug-likeness (QED) is 0.713. The summed E-state index contributed by atoms with van der Waals surface area (Å²) in [6.45, 7) is 0. The first-order chi connectivity index (χ1) is 6.27. The summed E-state index contributed by atoms with van der Waals surface area (Å²) in [5.74, 6) is 0. The lowest BCUT2D eigenvalue weighted by molar-refractivity contribution is 1.59. The second-order valence-electron chi connectivity index (χ2n) is 2.55. The summed E-state index contributed by atoms with van der Waals surface area (Å²) in [7, 11) is 0.